The maximum absolute atomic E-state index is 5.97. The maximum Gasteiger partial charge on any atom is 0.223 e. The van der Waals surface area contributed by atoms with E-state index < -0.39 is 0 Å². The summed E-state index contributed by atoms with van der Waals surface area (Å²) >= 11 is 3.45. The molecule has 0 spiro atoms. The fourth-order valence-electron chi connectivity index (χ4n) is 2.82. The molecule has 1 aromatic carbocycles. The first-order valence-electron chi connectivity index (χ1n) is 6.73. The fourth-order valence-corrected chi connectivity index (χ4v) is 3.09. The van der Waals surface area contributed by atoms with E-state index in [0.717, 1.165) is 29.5 Å². The van der Waals surface area contributed by atoms with Crippen molar-refractivity contribution in [3.05, 3.63) is 34.3 Å². The molecule has 6 nitrogen and oxygen atoms in total. The molecule has 1 fully saturated rings. The minimum absolute atomic E-state index is 0.122. The van der Waals surface area contributed by atoms with E-state index in [2.05, 4.69) is 42.9 Å². The van der Waals surface area contributed by atoms with E-state index in [1.54, 1.807) is 0 Å². The number of aromatic nitrogens is 2. The molecular weight excluding hydrogens is 332 g/mol. The van der Waals surface area contributed by atoms with Gasteiger partial charge in [-0.3, -0.25) is 0 Å². The first-order valence-corrected chi connectivity index (χ1v) is 7.53. The van der Waals surface area contributed by atoms with E-state index in [0.29, 0.717) is 11.6 Å². The normalized spacial score (nSPS) is 18.1. The molecule has 21 heavy (non-hydrogen) atoms. The molecule has 0 bridgehead atoms. The molecule has 0 radical (unpaired) electrons. The lowest BCUT2D eigenvalue weighted by Crippen LogP contribution is -2.20. The molecule has 1 atom stereocenters. The number of halogens is 1. The number of hydrogen-bond donors (Lipinski definition) is 3. The molecule has 1 aliphatic rings. The van der Waals surface area contributed by atoms with E-state index in [9.17, 15) is 0 Å². The average molecular weight is 349 g/mol. The van der Waals surface area contributed by atoms with Gasteiger partial charge < -0.3 is 22.1 Å². The van der Waals surface area contributed by atoms with Gasteiger partial charge >= 0.3 is 0 Å². The Hall–Kier alpha value is -2.02. The molecule has 0 aliphatic carbocycles. The van der Waals surface area contributed by atoms with Crippen molar-refractivity contribution >= 4 is 39.2 Å². The Morgan fingerprint density at radius 1 is 1.05 bits per heavy atom. The van der Waals surface area contributed by atoms with Crippen molar-refractivity contribution in [3.63, 3.8) is 0 Å². The highest BCUT2D eigenvalue weighted by atomic mass is 79.9. The van der Waals surface area contributed by atoms with Crippen LogP contribution in [-0.4, -0.2) is 23.1 Å². The summed E-state index contributed by atoms with van der Waals surface area (Å²) in [5, 5.41) is 0. The van der Waals surface area contributed by atoms with E-state index >= 15 is 0 Å². The van der Waals surface area contributed by atoms with Crippen LogP contribution in [0.4, 0.5) is 23.3 Å². The minimum Gasteiger partial charge on any atom is -0.383 e. The topological polar surface area (TPSA) is 107 Å². The largest absolute Gasteiger partial charge is 0.383 e. The predicted octanol–water partition coefficient (Wildman–Crippen LogP) is 1.98. The lowest BCUT2D eigenvalue weighted by Gasteiger charge is -2.19. The summed E-state index contributed by atoms with van der Waals surface area (Å²) in [5.74, 6) is 1.14. The van der Waals surface area contributed by atoms with Gasteiger partial charge in [0.15, 0.2) is 0 Å². The lowest BCUT2D eigenvalue weighted by molar-refractivity contribution is 0.771. The highest BCUT2D eigenvalue weighted by Gasteiger charge is 2.28. The van der Waals surface area contributed by atoms with Crippen molar-refractivity contribution in [1.29, 1.82) is 0 Å². The van der Waals surface area contributed by atoms with Crippen molar-refractivity contribution < 1.29 is 0 Å². The molecule has 3 rings (SSSR count). The highest BCUT2D eigenvalue weighted by molar-refractivity contribution is 9.10. The number of benzene rings is 1. The van der Waals surface area contributed by atoms with Gasteiger partial charge in [-0.2, -0.15) is 9.97 Å². The van der Waals surface area contributed by atoms with Gasteiger partial charge in [-0.05, 0) is 30.7 Å². The third-order valence-corrected chi connectivity index (χ3v) is 4.34. The highest BCUT2D eigenvalue weighted by Crippen LogP contribution is 2.35. The van der Waals surface area contributed by atoms with Crippen LogP contribution in [0.3, 0.4) is 0 Å². The quantitative estimate of drug-likeness (QED) is 0.765. The van der Waals surface area contributed by atoms with Gasteiger partial charge in [0.1, 0.15) is 11.6 Å². The number of anilines is 4. The standard InChI is InChI=1S/C14H17BrN6/c15-9-1-3-10(4-2-9)21-6-5-8(7-21)11-12(16)19-14(18)20-13(11)17/h1-4,8H,5-7H2,(H6,16,17,18,19,20). The van der Waals surface area contributed by atoms with Crippen LogP contribution in [0, 0.1) is 0 Å². The summed E-state index contributed by atoms with van der Waals surface area (Å²) < 4.78 is 1.07. The van der Waals surface area contributed by atoms with Gasteiger partial charge in [-0.1, -0.05) is 15.9 Å². The van der Waals surface area contributed by atoms with Crippen LogP contribution < -0.4 is 22.1 Å². The maximum atomic E-state index is 5.97. The Balaban J connectivity index is 1.83. The molecule has 2 aromatic rings. The zero-order chi connectivity index (χ0) is 15.0. The van der Waals surface area contributed by atoms with Crippen LogP contribution in [0.2, 0.25) is 0 Å². The van der Waals surface area contributed by atoms with Crippen molar-refractivity contribution in [2.75, 3.05) is 35.2 Å². The first-order chi connectivity index (χ1) is 10.0. The van der Waals surface area contributed by atoms with Crippen LogP contribution in [-0.2, 0) is 0 Å². The SMILES string of the molecule is Nc1nc(N)c(C2CCN(c3ccc(Br)cc3)C2)c(N)n1. The lowest BCUT2D eigenvalue weighted by atomic mass is 9.99. The number of hydrogen-bond acceptors (Lipinski definition) is 6. The zero-order valence-corrected chi connectivity index (χ0v) is 13.0. The third-order valence-electron chi connectivity index (χ3n) is 3.81. The Morgan fingerprint density at radius 2 is 1.67 bits per heavy atom. The van der Waals surface area contributed by atoms with Gasteiger partial charge in [0.2, 0.25) is 5.95 Å². The molecule has 0 amide bonds. The molecule has 7 heteroatoms. The second-order valence-corrected chi connectivity index (χ2v) is 6.09. The summed E-state index contributed by atoms with van der Waals surface area (Å²) in [4.78, 5) is 10.4. The van der Waals surface area contributed by atoms with E-state index in [1.165, 1.54) is 5.69 Å². The van der Waals surface area contributed by atoms with Crippen molar-refractivity contribution in [2.24, 2.45) is 0 Å². The summed E-state index contributed by atoms with van der Waals surface area (Å²) in [5.41, 5.74) is 19.5. The molecule has 1 aliphatic heterocycles. The molecule has 1 unspecified atom stereocenters. The number of nitrogens with two attached hydrogens (primary N) is 3. The summed E-state index contributed by atoms with van der Waals surface area (Å²) in [7, 11) is 0. The Morgan fingerprint density at radius 3 is 2.29 bits per heavy atom. The first kappa shape index (κ1) is 13.9. The molecule has 6 N–H and O–H groups in total. The van der Waals surface area contributed by atoms with Gasteiger partial charge in [-0.25, -0.2) is 0 Å². The average Bonchev–Trinajstić information content (AvgIpc) is 2.87. The molecule has 2 heterocycles. The molecular formula is C14H17BrN6. The molecule has 110 valence electrons. The predicted molar refractivity (Wildman–Crippen MR) is 89.0 cm³/mol. The van der Waals surface area contributed by atoms with Gasteiger partial charge in [0.25, 0.3) is 0 Å². The molecule has 1 aromatic heterocycles. The Bertz CT molecular complexity index is 634. The minimum atomic E-state index is 0.122. The van der Waals surface area contributed by atoms with Crippen LogP contribution in [0.1, 0.15) is 17.9 Å². The van der Waals surface area contributed by atoms with E-state index in [-0.39, 0.29) is 11.9 Å². The van der Waals surface area contributed by atoms with Crippen LogP contribution in [0.5, 0.6) is 0 Å². The van der Waals surface area contributed by atoms with Crippen LogP contribution in [0.15, 0.2) is 28.7 Å². The van der Waals surface area contributed by atoms with Crippen LogP contribution >= 0.6 is 15.9 Å². The summed E-state index contributed by atoms with van der Waals surface area (Å²) in [6.07, 6.45) is 0.970. The molecule has 0 saturated carbocycles. The second-order valence-electron chi connectivity index (χ2n) is 5.17. The van der Waals surface area contributed by atoms with E-state index in [4.69, 9.17) is 17.2 Å². The van der Waals surface area contributed by atoms with Crippen LogP contribution in [0.25, 0.3) is 0 Å². The second kappa shape index (κ2) is 5.40. The van der Waals surface area contributed by atoms with Crippen molar-refractivity contribution in [3.8, 4) is 0 Å². The number of nitrogen functional groups attached to an aromatic ring is 3. The van der Waals surface area contributed by atoms with Crippen molar-refractivity contribution in [2.45, 2.75) is 12.3 Å². The van der Waals surface area contributed by atoms with Gasteiger partial charge in [-0.15, -0.1) is 0 Å². The van der Waals surface area contributed by atoms with E-state index in [1.807, 2.05) is 12.1 Å². The number of nitrogens with zero attached hydrogens (tertiary/aromatic N) is 3. The summed E-state index contributed by atoms with van der Waals surface area (Å²) in [6, 6.07) is 8.27. The Labute approximate surface area is 131 Å². The Kier molecular flexibility index (Phi) is 3.59. The smallest absolute Gasteiger partial charge is 0.223 e. The van der Waals surface area contributed by atoms with Gasteiger partial charge in [0, 0.05) is 34.7 Å². The fraction of sp³-hybridized carbons (Fsp3) is 0.286. The molecule has 1 saturated heterocycles. The summed E-state index contributed by atoms with van der Waals surface area (Å²) in [6.45, 7) is 1.80. The van der Waals surface area contributed by atoms with Crippen molar-refractivity contribution in [1.82, 2.24) is 9.97 Å². The zero-order valence-electron chi connectivity index (χ0n) is 11.5. The van der Waals surface area contributed by atoms with Gasteiger partial charge in [0.05, 0.1) is 0 Å². The number of rotatable bonds is 2. The third kappa shape index (κ3) is 2.73. The monoisotopic (exact) mass is 348 g/mol.